The average Bonchev–Trinajstić information content (AvgIpc) is 2.52. The Kier molecular flexibility index (Phi) is 4.04. The van der Waals surface area contributed by atoms with Gasteiger partial charge in [-0.3, -0.25) is 4.90 Å². The molecule has 3 rings (SSSR count). The summed E-state index contributed by atoms with van der Waals surface area (Å²) in [5.41, 5.74) is 2.87. The molecule has 106 valence electrons. The largest absolute Gasteiger partial charge is 0.314 e. The van der Waals surface area contributed by atoms with E-state index in [-0.39, 0.29) is 0 Å². The van der Waals surface area contributed by atoms with E-state index in [1.54, 1.807) is 0 Å². The van der Waals surface area contributed by atoms with Gasteiger partial charge in [-0.25, -0.2) is 0 Å². The zero-order chi connectivity index (χ0) is 13.9. The quantitative estimate of drug-likeness (QED) is 0.916. The summed E-state index contributed by atoms with van der Waals surface area (Å²) in [6.45, 7) is 9.04. The SMILES string of the molecule is CC[C@@H](c1ccc(C)c2ccccc12)N1CCNCC1. The second-order valence-electron chi connectivity index (χ2n) is 5.73. The summed E-state index contributed by atoms with van der Waals surface area (Å²) >= 11 is 0. The Bertz CT molecular complexity index is 585. The van der Waals surface area contributed by atoms with Gasteiger partial charge in [-0.2, -0.15) is 0 Å². The van der Waals surface area contributed by atoms with Gasteiger partial charge in [0.25, 0.3) is 0 Å². The maximum absolute atomic E-state index is 3.45. The van der Waals surface area contributed by atoms with Crippen molar-refractivity contribution < 1.29 is 0 Å². The minimum absolute atomic E-state index is 0.544. The number of hydrogen-bond acceptors (Lipinski definition) is 2. The van der Waals surface area contributed by atoms with Gasteiger partial charge in [0.15, 0.2) is 0 Å². The number of nitrogens with one attached hydrogen (secondary N) is 1. The first-order valence-electron chi connectivity index (χ1n) is 7.74. The van der Waals surface area contributed by atoms with Crippen LogP contribution >= 0.6 is 0 Å². The van der Waals surface area contributed by atoms with Crippen molar-refractivity contribution in [2.75, 3.05) is 26.2 Å². The highest BCUT2D eigenvalue weighted by Crippen LogP contribution is 2.32. The van der Waals surface area contributed by atoms with Crippen molar-refractivity contribution in [3.63, 3.8) is 0 Å². The number of fused-ring (bicyclic) bond motifs is 1. The molecule has 1 aliphatic rings. The van der Waals surface area contributed by atoms with Crippen LogP contribution in [0.25, 0.3) is 10.8 Å². The number of benzene rings is 2. The lowest BCUT2D eigenvalue weighted by atomic mass is 9.93. The van der Waals surface area contributed by atoms with Crippen LogP contribution < -0.4 is 5.32 Å². The first-order chi connectivity index (χ1) is 9.81. The van der Waals surface area contributed by atoms with E-state index in [1.165, 1.54) is 28.3 Å². The predicted octanol–water partition coefficient (Wildman–Crippen LogP) is 3.50. The molecule has 2 heteroatoms. The van der Waals surface area contributed by atoms with E-state index < -0.39 is 0 Å². The summed E-state index contributed by atoms with van der Waals surface area (Å²) < 4.78 is 0. The number of aryl methyl sites for hydroxylation is 1. The highest BCUT2D eigenvalue weighted by molar-refractivity contribution is 5.88. The van der Waals surface area contributed by atoms with Crippen molar-refractivity contribution in [2.45, 2.75) is 26.3 Å². The van der Waals surface area contributed by atoms with Crippen molar-refractivity contribution in [3.05, 3.63) is 47.5 Å². The van der Waals surface area contributed by atoms with Crippen LogP contribution in [0.4, 0.5) is 0 Å². The zero-order valence-corrected chi connectivity index (χ0v) is 12.5. The molecule has 2 aromatic carbocycles. The Morgan fingerprint density at radius 1 is 1.05 bits per heavy atom. The third kappa shape index (κ3) is 2.46. The molecule has 0 spiro atoms. The van der Waals surface area contributed by atoms with E-state index in [2.05, 4.69) is 60.5 Å². The molecule has 0 bridgehead atoms. The van der Waals surface area contributed by atoms with Crippen molar-refractivity contribution in [3.8, 4) is 0 Å². The summed E-state index contributed by atoms with van der Waals surface area (Å²) in [4.78, 5) is 2.63. The van der Waals surface area contributed by atoms with Gasteiger partial charge in [0, 0.05) is 32.2 Å². The number of piperazine rings is 1. The third-order valence-electron chi connectivity index (χ3n) is 4.51. The Morgan fingerprint density at radius 2 is 1.75 bits per heavy atom. The first kappa shape index (κ1) is 13.6. The van der Waals surface area contributed by atoms with Gasteiger partial charge in [0.1, 0.15) is 0 Å². The summed E-state index contributed by atoms with van der Waals surface area (Å²) in [6, 6.07) is 14.0. The summed E-state index contributed by atoms with van der Waals surface area (Å²) in [6.07, 6.45) is 1.17. The van der Waals surface area contributed by atoms with Gasteiger partial charge in [-0.05, 0) is 35.2 Å². The normalized spacial score (nSPS) is 18.3. The standard InChI is InChI=1S/C18H24N2/c1-3-18(20-12-10-19-11-13-20)17-9-8-14(2)15-6-4-5-7-16(15)17/h4-9,18-19H,3,10-13H2,1-2H3/t18-/m0/s1. The van der Waals surface area contributed by atoms with Crippen molar-refractivity contribution in [1.29, 1.82) is 0 Å². The lowest BCUT2D eigenvalue weighted by molar-refractivity contribution is 0.170. The van der Waals surface area contributed by atoms with Crippen LogP contribution in [0.2, 0.25) is 0 Å². The Morgan fingerprint density at radius 3 is 2.45 bits per heavy atom. The number of nitrogens with zero attached hydrogens (tertiary/aromatic N) is 1. The van der Waals surface area contributed by atoms with Crippen LogP contribution in [0.3, 0.4) is 0 Å². The van der Waals surface area contributed by atoms with Gasteiger partial charge in [0.05, 0.1) is 0 Å². The van der Waals surface area contributed by atoms with E-state index in [1.807, 2.05) is 0 Å². The van der Waals surface area contributed by atoms with Gasteiger partial charge >= 0.3 is 0 Å². The number of rotatable bonds is 3. The minimum Gasteiger partial charge on any atom is -0.314 e. The average molecular weight is 268 g/mol. The van der Waals surface area contributed by atoms with Gasteiger partial charge in [0.2, 0.25) is 0 Å². The Balaban J connectivity index is 2.05. The lowest BCUT2D eigenvalue weighted by Crippen LogP contribution is -2.45. The Labute approximate surface area is 121 Å². The van der Waals surface area contributed by atoms with Gasteiger partial charge < -0.3 is 5.32 Å². The second kappa shape index (κ2) is 5.94. The molecule has 1 heterocycles. The molecule has 1 saturated heterocycles. The van der Waals surface area contributed by atoms with Crippen LogP contribution in [-0.2, 0) is 0 Å². The van der Waals surface area contributed by atoms with Crippen LogP contribution in [-0.4, -0.2) is 31.1 Å². The molecular weight excluding hydrogens is 244 g/mol. The molecule has 0 saturated carbocycles. The molecule has 0 unspecified atom stereocenters. The minimum atomic E-state index is 0.544. The fourth-order valence-corrected chi connectivity index (χ4v) is 3.43. The van der Waals surface area contributed by atoms with E-state index >= 15 is 0 Å². The molecule has 0 aliphatic carbocycles. The molecule has 1 aliphatic heterocycles. The predicted molar refractivity (Wildman–Crippen MR) is 86.2 cm³/mol. The fraction of sp³-hybridized carbons (Fsp3) is 0.444. The van der Waals surface area contributed by atoms with E-state index in [9.17, 15) is 0 Å². The van der Waals surface area contributed by atoms with Crippen LogP contribution in [0, 0.1) is 6.92 Å². The highest BCUT2D eigenvalue weighted by Gasteiger charge is 2.22. The summed E-state index contributed by atoms with van der Waals surface area (Å²) in [7, 11) is 0. The Hall–Kier alpha value is -1.38. The van der Waals surface area contributed by atoms with E-state index in [0.29, 0.717) is 6.04 Å². The van der Waals surface area contributed by atoms with Crippen LogP contribution in [0.1, 0.15) is 30.5 Å². The molecular formula is C18H24N2. The maximum Gasteiger partial charge on any atom is 0.0352 e. The smallest absolute Gasteiger partial charge is 0.0352 e. The molecule has 0 aromatic heterocycles. The van der Waals surface area contributed by atoms with Crippen LogP contribution in [0.5, 0.6) is 0 Å². The molecule has 20 heavy (non-hydrogen) atoms. The van der Waals surface area contributed by atoms with E-state index in [0.717, 1.165) is 26.2 Å². The van der Waals surface area contributed by atoms with Crippen molar-refractivity contribution >= 4 is 10.8 Å². The molecule has 0 amide bonds. The molecule has 1 atom stereocenters. The van der Waals surface area contributed by atoms with Gasteiger partial charge in [-0.1, -0.05) is 43.3 Å². The molecule has 1 fully saturated rings. The molecule has 2 aromatic rings. The first-order valence-corrected chi connectivity index (χ1v) is 7.74. The monoisotopic (exact) mass is 268 g/mol. The molecule has 0 radical (unpaired) electrons. The van der Waals surface area contributed by atoms with Crippen molar-refractivity contribution in [2.24, 2.45) is 0 Å². The summed E-state index contributed by atoms with van der Waals surface area (Å²) in [5.74, 6) is 0. The summed E-state index contributed by atoms with van der Waals surface area (Å²) in [5, 5.41) is 6.28. The fourth-order valence-electron chi connectivity index (χ4n) is 3.43. The van der Waals surface area contributed by atoms with E-state index in [4.69, 9.17) is 0 Å². The highest BCUT2D eigenvalue weighted by atomic mass is 15.2. The number of hydrogen-bond donors (Lipinski definition) is 1. The molecule has 1 N–H and O–H groups in total. The third-order valence-corrected chi connectivity index (χ3v) is 4.51. The van der Waals surface area contributed by atoms with Crippen molar-refractivity contribution in [1.82, 2.24) is 10.2 Å². The molecule has 2 nitrogen and oxygen atoms in total. The zero-order valence-electron chi connectivity index (χ0n) is 12.5. The van der Waals surface area contributed by atoms with Gasteiger partial charge in [-0.15, -0.1) is 0 Å². The van der Waals surface area contributed by atoms with Crippen LogP contribution in [0.15, 0.2) is 36.4 Å². The lowest BCUT2D eigenvalue weighted by Gasteiger charge is -2.35. The second-order valence-corrected chi connectivity index (χ2v) is 5.73. The topological polar surface area (TPSA) is 15.3 Å². The maximum atomic E-state index is 3.45.